The zero-order valence-corrected chi connectivity index (χ0v) is 11.5. The van der Waals surface area contributed by atoms with Crippen molar-refractivity contribution in [1.29, 1.82) is 0 Å². The van der Waals surface area contributed by atoms with Crippen LogP contribution in [-0.4, -0.2) is 42.3 Å². The Hall–Kier alpha value is -1.19. The third-order valence-electron chi connectivity index (χ3n) is 2.20. The summed E-state index contributed by atoms with van der Waals surface area (Å²) >= 11 is 0. The van der Waals surface area contributed by atoms with E-state index in [0.717, 1.165) is 12.1 Å². The molecule has 7 nitrogen and oxygen atoms in total. The van der Waals surface area contributed by atoms with E-state index in [1.807, 2.05) is 6.07 Å². The fourth-order valence-corrected chi connectivity index (χ4v) is 1.44. The number of aliphatic hydroxyl groups excluding tert-OH is 1. The lowest BCUT2D eigenvalue weighted by Gasteiger charge is -2.08. The van der Waals surface area contributed by atoms with Crippen LogP contribution >= 0.6 is 0 Å². The van der Waals surface area contributed by atoms with Gasteiger partial charge in [-0.3, -0.25) is 9.11 Å². The van der Waals surface area contributed by atoms with Gasteiger partial charge in [0.1, 0.15) is 0 Å². The Labute approximate surface area is 113 Å². The Bertz CT molecular complexity index is 468. The van der Waals surface area contributed by atoms with Crippen LogP contribution < -0.4 is 11.1 Å². The molecule has 0 radical (unpaired) electrons. The fourth-order valence-electron chi connectivity index (χ4n) is 1.44. The van der Waals surface area contributed by atoms with Crippen molar-refractivity contribution in [3.05, 3.63) is 29.3 Å². The maximum atomic E-state index is 8.74. The summed E-state index contributed by atoms with van der Waals surface area (Å²) in [5, 5.41) is 11.8. The molecule has 110 valence electrons. The maximum absolute atomic E-state index is 8.74. The Morgan fingerprint density at radius 3 is 2.32 bits per heavy atom. The molecule has 0 saturated heterocycles. The van der Waals surface area contributed by atoms with Gasteiger partial charge in [-0.2, -0.15) is 8.42 Å². The summed E-state index contributed by atoms with van der Waals surface area (Å²) in [7, 11) is -4.67. The minimum absolute atomic E-state index is 0.156. The van der Waals surface area contributed by atoms with Gasteiger partial charge < -0.3 is 16.2 Å². The summed E-state index contributed by atoms with van der Waals surface area (Å²) in [5.74, 6) is 0. The summed E-state index contributed by atoms with van der Waals surface area (Å²) in [6.07, 6.45) is 0.923. The smallest absolute Gasteiger partial charge is 0.394 e. The topological polar surface area (TPSA) is 133 Å². The second-order valence-electron chi connectivity index (χ2n) is 3.78. The van der Waals surface area contributed by atoms with Crippen LogP contribution in [0.15, 0.2) is 18.2 Å². The van der Waals surface area contributed by atoms with Gasteiger partial charge in [0.05, 0.1) is 6.61 Å². The Kier molecular flexibility index (Phi) is 8.28. The molecule has 6 N–H and O–H groups in total. The highest BCUT2D eigenvalue weighted by Gasteiger charge is 1.98. The van der Waals surface area contributed by atoms with Crippen molar-refractivity contribution in [2.45, 2.75) is 13.3 Å². The van der Waals surface area contributed by atoms with Gasteiger partial charge in [0, 0.05) is 12.2 Å². The molecule has 0 aliphatic heterocycles. The van der Waals surface area contributed by atoms with Gasteiger partial charge in [-0.05, 0) is 43.1 Å². The number of hydrogen-bond acceptors (Lipinski definition) is 5. The van der Waals surface area contributed by atoms with E-state index in [1.165, 1.54) is 11.1 Å². The summed E-state index contributed by atoms with van der Waals surface area (Å²) < 4.78 is 31.6. The van der Waals surface area contributed by atoms with Crippen LogP contribution in [0.2, 0.25) is 0 Å². The molecule has 1 rings (SSSR count). The molecule has 0 spiro atoms. The predicted octanol–water partition coefficient (Wildman–Crippen LogP) is 0.248. The van der Waals surface area contributed by atoms with Crippen molar-refractivity contribution in [2.24, 2.45) is 5.73 Å². The molecule has 0 bridgehead atoms. The average Bonchev–Trinajstić information content (AvgIpc) is 2.28. The molecule has 0 atom stereocenters. The van der Waals surface area contributed by atoms with Crippen molar-refractivity contribution in [3.63, 3.8) is 0 Å². The monoisotopic (exact) mass is 292 g/mol. The Balaban J connectivity index is 0.000000555. The molecular formula is C11H20N2O5S. The number of aryl methyl sites for hydroxylation is 1. The SMILES string of the molecule is Cc1cc(NCCO)ccc1CCN.O=S(=O)(O)O. The number of aliphatic hydroxyl groups is 1. The second-order valence-corrected chi connectivity index (χ2v) is 4.67. The lowest BCUT2D eigenvalue weighted by molar-refractivity contribution is 0.311. The van der Waals surface area contributed by atoms with Gasteiger partial charge in [0.25, 0.3) is 0 Å². The molecule has 0 fully saturated rings. The van der Waals surface area contributed by atoms with Gasteiger partial charge in [-0.25, -0.2) is 0 Å². The van der Waals surface area contributed by atoms with Gasteiger partial charge in [-0.15, -0.1) is 0 Å². The third-order valence-corrected chi connectivity index (χ3v) is 2.20. The first-order chi connectivity index (χ1) is 8.77. The molecule has 0 saturated carbocycles. The molecule has 0 heterocycles. The van der Waals surface area contributed by atoms with Crippen LogP contribution in [0.1, 0.15) is 11.1 Å². The summed E-state index contributed by atoms with van der Waals surface area (Å²) in [5.41, 5.74) is 9.09. The first-order valence-corrected chi connectivity index (χ1v) is 7.02. The van der Waals surface area contributed by atoms with E-state index in [1.54, 1.807) is 0 Å². The molecular weight excluding hydrogens is 272 g/mol. The number of nitrogens with two attached hydrogens (primary N) is 1. The molecule has 0 amide bonds. The quantitative estimate of drug-likeness (QED) is 0.491. The summed E-state index contributed by atoms with van der Waals surface area (Å²) in [6.45, 7) is 3.51. The minimum atomic E-state index is -4.67. The highest BCUT2D eigenvalue weighted by atomic mass is 32.3. The molecule has 8 heteroatoms. The molecule has 0 aromatic heterocycles. The minimum Gasteiger partial charge on any atom is -0.395 e. The Morgan fingerprint density at radius 2 is 1.89 bits per heavy atom. The zero-order valence-electron chi connectivity index (χ0n) is 10.7. The molecule has 0 unspecified atom stereocenters. The second kappa shape index (κ2) is 8.83. The maximum Gasteiger partial charge on any atom is 0.394 e. The van der Waals surface area contributed by atoms with E-state index < -0.39 is 10.4 Å². The molecule has 1 aromatic rings. The van der Waals surface area contributed by atoms with Crippen molar-refractivity contribution in [2.75, 3.05) is 25.0 Å². The highest BCUT2D eigenvalue weighted by Crippen LogP contribution is 2.15. The number of nitrogens with one attached hydrogen (secondary N) is 1. The number of rotatable bonds is 5. The van der Waals surface area contributed by atoms with Gasteiger partial charge in [0.15, 0.2) is 0 Å². The van der Waals surface area contributed by atoms with Crippen LogP contribution in [0, 0.1) is 6.92 Å². The molecule has 19 heavy (non-hydrogen) atoms. The number of benzene rings is 1. The van der Waals surface area contributed by atoms with Crippen LogP contribution in [0.3, 0.4) is 0 Å². The van der Waals surface area contributed by atoms with E-state index in [-0.39, 0.29) is 6.61 Å². The van der Waals surface area contributed by atoms with Crippen LogP contribution in [-0.2, 0) is 16.8 Å². The van der Waals surface area contributed by atoms with Crippen molar-refractivity contribution in [1.82, 2.24) is 0 Å². The largest absolute Gasteiger partial charge is 0.395 e. The van der Waals surface area contributed by atoms with Crippen LogP contribution in [0.25, 0.3) is 0 Å². The molecule has 0 aliphatic carbocycles. The first-order valence-electron chi connectivity index (χ1n) is 5.62. The average molecular weight is 292 g/mol. The standard InChI is InChI=1S/C11H18N2O.H2O4S/c1-9-8-11(13-6-7-14)3-2-10(9)4-5-12;1-5(2,3)4/h2-3,8,13-14H,4-7,12H2,1H3;(H2,1,2,3,4). The number of anilines is 1. The molecule has 0 aliphatic rings. The first kappa shape index (κ1) is 17.8. The van der Waals surface area contributed by atoms with Crippen molar-refractivity contribution >= 4 is 16.1 Å². The van der Waals surface area contributed by atoms with E-state index >= 15 is 0 Å². The highest BCUT2D eigenvalue weighted by molar-refractivity contribution is 7.79. The fraction of sp³-hybridized carbons (Fsp3) is 0.455. The predicted molar refractivity (Wildman–Crippen MR) is 73.7 cm³/mol. The Morgan fingerprint density at radius 1 is 1.32 bits per heavy atom. The summed E-state index contributed by atoms with van der Waals surface area (Å²) in [6, 6.07) is 6.19. The van der Waals surface area contributed by atoms with E-state index in [9.17, 15) is 0 Å². The normalized spacial score (nSPS) is 10.6. The molecule has 1 aromatic carbocycles. The van der Waals surface area contributed by atoms with E-state index in [0.29, 0.717) is 13.1 Å². The van der Waals surface area contributed by atoms with E-state index in [4.69, 9.17) is 28.4 Å². The third kappa shape index (κ3) is 10.4. The summed E-state index contributed by atoms with van der Waals surface area (Å²) in [4.78, 5) is 0. The van der Waals surface area contributed by atoms with Gasteiger partial charge >= 0.3 is 10.4 Å². The number of hydrogen-bond donors (Lipinski definition) is 5. The lowest BCUT2D eigenvalue weighted by Crippen LogP contribution is -2.07. The van der Waals surface area contributed by atoms with Gasteiger partial charge in [-0.1, -0.05) is 6.07 Å². The van der Waals surface area contributed by atoms with Crippen LogP contribution in [0.5, 0.6) is 0 Å². The van der Waals surface area contributed by atoms with Crippen molar-refractivity contribution < 1.29 is 22.6 Å². The lowest BCUT2D eigenvalue weighted by atomic mass is 10.1. The van der Waals surface area contributed by atoms with Crippen LogP contribution in [0.4, 0.5) is 5.69 Å². The van der Waals surface area contributed by atoms with E-state index in [2.05, 4.69) is 24.4 Å². The van der Waals surface area contributed by atoms with Gasteiger partial charge in [0.2, 0.25) is 0 Å². The van der Waals surface area contributed by atoms with Crippen molar-refractivity contribution in [3.8, 4) is 0 Å². The zero-order chi connectivity index (χ0) is 14.9.